The van der Waals surface area contributed by atoms with Crippen LogP contribution >= 0.6 is 0 Å². The SMILES string of the molecule is CC(C)Nc1ccc(C(CC(N)=O)NC(=O)c2ccccc2)cc1[N+](=O)[O-]. The van der Waals surface area contributed by atoms with Crippen LogP contribution in [-0.4, -0.2) is 22.8 Å². The fraction of sp³-hybridized carbons (Fsp3) is 0.263. The fourth-order valence-corrected chi connectivity index (χ4v) is 2.63. The van der Waals surface area contributed by atoms with Gasteiger partial charge in [-0.05, 0) is 37.6 Å². The molecule has 2 rings (SSSR count). The Hall–Kier alpha value is -3.42. The number of amides is 2. The Bertz CT molecular complexity index is 837. The minimum absolute atomic E-state index is 0.00810. The highest BCUT2D eigenvalue weighted by molar-refractivity contribution is 5.94. The Labute approximate surface area is 156 Å². The molecular formula is C19H22N4O4. The molecule has 0 aliphatic carbocycles. The number of nitrogens with zero attached hydrogens (tertiary/aromatic N) is 1. The van der Waals surface area contributed by atoms with Crippen LogP contribution in [-0.2, 0) is 4.79 Å². The van der Waals surface area contributed by atoms with E-state index < -0.39 is 22.8 Å². The topological polar surface area (TPSA) is 127 Å². The van der Waals surface area contributed by atoms with E-state index in [4.69, 9.17) is 5.73 Å². The first kappa shape index (κ1) is 19.9. The van der Waals surface area contributed by atoms with E-state index in [0.29, 0.717) is 16.8 Å². The summed E-state index contributed by atoms with van der Waals surface area (Å²) in [6.45, 7) is 3.74. The standard InChI is InChI=1S/C19H22N4O4/c1-12(2)21-15-9-8-14(10-17(15)23(26)27)16(11-18(20)24)22-19(25)13-6-4-3-5-7-13/h3-10,12,16,21H,11H2,1-2H3,(H2,20,24)(H,22,25). The molecule has 0 radical (unpaired) electrons. The molecule has 0 fully saturated rings. The normalized spacial score (nSPS) is 11.7. The maximum Gasteiger partial charge on any atom is 0.292 e. The zero-order chi connectivity index (χ0) is 20.0. The van der Waals surface area contributed by atoms with Crippen molar-refractivity contribution in [3.63, 3.8) is 0 Å². The monoisotopic (exact) mass is 370 g/mol. The van der Waals surface area contributed by atoms with E-state index in [1.807, 2.05) is 13.8 Å². The van der Waals surface area contributed by atoms with Gasteiger partial charge in [0.15, 0.2) is 0 Å². The molecule has 0 spiro atoms. The van der Waals surface area contributed by atoms with Crippen molar-refractivity contribution in [1.82, 2.24) is 5.32 Å². The number of hydrogen-bond donors (Lipinski definition) is 3. The van der Waals surface area contributed by atoms with E-state index >= 15 is 0 Å². The minimum Gasteiger partial charge on any atom is -0.377 e. The maximum absolute atomic E-state index is 12.4. The molecule has 0 bridgehead atoms. The van der Waals surface area contributed by atoms with Crippen molar-refractivity contribution in [3.8, 4) is 0 Å². The fourth-order valence-electron chi connectivity index (χ4n) is 2.63. The molecule has 0 aliphatic heterocycles. The van der Waals surface area contributed by atoms with Crippen LogP contribution in [0.1, 0.15) is 42.2 Å². The maximum atomic E-state index is 12.4. The first-order valence-electron chi connectivity index (χ1n) is 8.47. The summed E-state index contributed by atoms with van der Waals surface area (Å²) >= 11 is 0. The zero-order valence-corrected chi connectivity index (χ0v) is 15.1. The van der Waals surface area contributed by atoms with Gasteiger partial charge in [0.2, 0.25) is 5.91 Å². The molecule has 4 N–H and O–H groups in total. The first-order chi connectivity index (χ1) is 12.8. The number of rotatable bonds is 8. The van der Waals surface area contributed by atoms with Crippen molar-refractivity contribution in [2.75, 3.05) is 5.32 Å². The van der Waals surface area contributed by atoms with Gasteiger partial charge >= 0.3 is 0 Å². The lowest BCUT2D eigenvalue weighted by molar-refractivity contribution is -0.384. The molecule has 1 unspecified atom stereocenters. The van der Waals surface area contributed by atoms with Crippen LogP contribution in [0, 0.1) is 10.1 Å². The molecule has 2 aromatic carbocycles. The van der Waals surface area contributed by atoms with Crippen LogP contribution < -0.4 is 16.4 Å². The molecule has 142 valence electrons. The molecule has 0 aromatic heterocycles. The third kappa shape index (κ3) is 5.53. The first-order valence-corrected chi connectivity index (χ1v) is 8.47. The van der Waals surface area contributed by atoms with Crippen LogP contribution in [0.5, 0.6) is 0 Å². The second-order valence-electron chi connectivity index (χ2n) is 6.40. The number of nitrogens with two attached hydrogens (primary N) is 1. The summed E-state index contributed by atoms with van der Waals surface area (Å²) in [6.07, 6.45) is -0.174. The lowest BCUT2D eigenvalue weighted by Crippen LogP contribution is -2.31. The summed E-state index contributed by atoms with van der Waals surface area (Å²) in [7, 11) is 0. The molecule has 2 amide bonds. The number of hydrogen-bond acceptors (Lipinski definition) is 5. The summed E-state index contributed by atoms with van der Waals surface area (Å²) in [6, 6.07) is 12.3. The molecule has 8 nitrogen and oxygen atoms in total. The van der Waals surface area contributed by atoms with Gasteiger partial charge < -0.3 is 16.4 Å². The number of carbonyl (C=O) groups excluding carboxylic acids is 2. The number of anilines is 1. The number of primary amides is 1. The number of nitro benzene ring substituents is 1. The number of nitro groups is 1. The Balaban J connectivity index is 2.35. The molecule has 0 heterocycles. The average Bonchev–Trinajstić information content (AvgIpc) is 2.61. The Morgan fingerprint density at radius 2 is 1.81 bits per heavy atom. The van der Waals surface area contributed by atoms with Crippen molar-refractivity contribution >= 4 is 23.2 Å². The average molecular weight is 370 g/mol. The van der Waals surface area contributed by atoms with E-state index in [0.717, 1.165) is 0 Å². The Morgan fingerprint density at radius 1 is 1.15 bits per heavy atom. The second-order valence-corrected chi connectivity index (χ2v) is 6.40. The summed E-state index contributed by atoms with van der Waals surface area (Å²) in [4.78, 5) is 34.8. The predicted molar refractivity (Wildman–Crippen MR) is 102 cm³/mol. The summed E-state index contributed by atoms with van der Waals surface area (Å²) in [5.74, 6) is -1.02. The van der Waals surface area contributed by atoms with Gasteiger partial charge in [-0.25, -0.2) is 0 Å². The third-order valence-electron chi connectivity index (χ3n) is 3.81. The van der Waals surface area contributed by atoms with Crippen LogP contribution in [0.15, 0.2) is 48.5 Å². The van der Waals surface area contributed by atoms with Gasteiger partial charge in [0.1, 0.15) is 5.69 Å². The van der Waals surface area contributed by atoms with Crippen LogP contribution in [0.4, 0.5) is 11.4 Å². The lowest BCUT2D eigenvalue weighted by atomic mass is 10.0. The van der Waals surface area contributed by atoms with E-state index in [9.17, 15) is 19.7 Å². The van der Waals surface area contributed by atoms with E-state index in [1.165, 1.54) is 6.07 Å². The smallest absolute Gasteiger partial charge is 0.292 e. The third-order valence-corrected chi connectivity index (χ3v) is 3.81. The van der Waals surface area contributed by atoms with Crippen molar-refractivity contribution in [1.29, 1.82) is 0 Å². The summed E-state index contributed by atoms with van der Waals surface area (Å²) < 4.78 is 0. The number of nitrogens with one attached hydrogen (secondary N) is 2. The highest BCUT2D eigenvalue weighted by Crippen LogP contribution is 2.30. The minimum atomic E-state index is -0.776. The molecule has 27 heavy (non-hydrogen) atoms. The van der Waals surface area contributed by atoms with Crippen molar-refractivity contribution in [2.45, 2.75) is 32.4 Å². The molecule has 2 aromatic rings. The zero-order valence-electron chi connectivity index (χ0n) is 15.1. The quantitative estimate of drug-likeness (QED) is 0.486. The second kappa shape index (κ2) is 8.79. The summed E-state index contributed by atoms with van der Waals surface area (Å²) in [5.41, 5.74) is 6.38. The molecule has 0 aliphatic rings. The number of benzene rings is 2. The van der Waals surface area contributed by atoms with Gasteiger partial charge in [-0.15, -0.1) is 0 Å². The molecule has 0 saturated heterocycles. The van der Waals surface area contributed by atoms with Crippen molar-refractivity contribution < 1.29 is 14.5 Å². The van der Waals surface area contributed by atoms with Gasteiger partial charge in [-0.1, -0.05) is 24.3 Å². The van der Waals surface area contributed by atoms with Crippen LogP contribution in [0.2, 0.25) is 0 Å². The molecule has 0 saturated carbocycles. The predicted octanol–water partition coefficient (Wildman–Crippen LogP) is 2.76. The Morgan fingerprint density at radius 3 is 2.37 bits per heavy atom. The highest BCUT2D eigenvalue weighted by Gasteiger charge is 2.22. The molecular weight excluding hydrogens is 348 g/mol. The van der Waals surface area contributed by atoms with Crippen LogP contribution in [0.3, 0.4) is 0 Å². The van der Waals surface area contributed by atoms with E-state index in [2.05, 4.69) is 10.6 Å². The molecule has 1 atom stereocenters. The van der Waals surface area contributed by atoms with E-state index in [-0.39, 0.29) is 18.2 Å². The van der Waals surface area contributed by atoms with Gasteiger partial charge in [0.05, 0.1) is 17.4 Å². The Kier molecular flexibility index (Phi) is 6.48. The largest absolute Gasteiger partial charge is 0.377 e. The number of carbonyl (C=O) groups is 2. The van der Waals surface area contributed by atoms with Crippen molar-refractivity contribution in [3.05, 3.63) is 69.8 Å². The van der Waals surface area contributed by atoms with Gasteiger partial charge in [-0.2, -0.15) is 0 Å². The van der Waals surface area contributed by atoms with Crippen LogP contribution in [0.25, 0.3) is 0 Å². The van der Waals surface area contributed by atoms with Gasteiger partial charge in [0, 0.05) is 17.7 Å². The molecule has 8 heteroatoms. The van der Waals surface area contributed by atoms with Gasteiger partial charge in [0.25, 0.3) is 11.6 Å². The summed E-state index contributed by atoms with van der Waals surface area (Å²) in [5, 5.41) is 17.2. The van der Waals surface area contributed by atoms with Gasteiger partial charge in [-0.3, -0.25) is 19.7 Å². The van der Waals surface area contributed by atoms with E-state index in [1.54, 1.807) is 42.5 Å². The lowest BCUT2D eigenvalue weighted by Gasteiger charge is -2.19. The van der Waals surface area contributed by atoms with Crippen molar-refractivity contribution in [2.24, 2.45) is 5.73 Å². The highest BCUT2D eigenvalue weighted by atomic mass is 16.6.